The van der Waals surface area contributed by atoms with Crippen LogP contribution in [0.15, 0.2) is 37.1 Å². The van der Waals surface area contributed by atoms with Gasteiger partial charge in [-0.15, -0.1) is 0 Å². The molecule has 27 heavy (non-hydrogen) atoms. The second-order valence-electron chi connectivity index (χ2n) is 7.41. The molecule has 5 rings (SSSR count). The molecular weight excluding hydrogens is 342 g/mol. The highest BCUT2D eigenvalue weighted by Gasteiger charge is 2.30. The van der Waals surface area contributed by atoms with E-state index < -0.39 is 0 Å². The number of nitrogens with one attached hydrogen (secondary N) is 1. The first-order valence-corrected chi connectivity index (χ1v) is 9.39. The van der Waals surface area contributed by atoms with Gasteiger partial charge in [-0.3, -0.25) is 4.79 Å². The lowest BCUT2D eigenvalue weighted by molar-refractivity contribution is -0.119. The van der Waals surface area contributed by atoms with E-state index in [4.69, 9.17) is 4.74 Å². The number of ether oxygens (including phenoxy) is 1. The molecule has 7 nitrogen and oxygen atoms in total. The van der Waals surface area contributed by atoms with Gasteiger partial charge in [0.25, 0.3) is 0 Å². The third kappa shape index (κ3) is 3.03. The number of imidazole rings is 1. The first-order valence-electron chi connectivity index (χ1n) is 9.39. The molecule has 1 aliphatic heterocycles. The Morgan fingerprint density at radius 2 is 2.19 bits per heavy atom. The van der Waals surface area contributed by atoms with Gasteiger partial charge in [-0.25, -0.2) is 15.0 Å². The average molecular weight is 363 g/mol. The van der Waals surface area contributed by atoms with Crippen LogP contribution in [0.5, 0.6) is 5.75 Å². The molecule has 2 fully saturated rings. The second-order valence-corrected chi connectivity index (χ2v) is 7.41. The monoisotopic (exact) mass is 363 g/mol. The summed E-state index contributed by atoms with van der Waals surface area (Å²) in [5, 5.41) is 2.89. The second kappa shape index (κ2) is 6.33. The summed E-state index contributed by atoms with van der Waals surface area (Å²) in [4.78, 5) is 24.6. The number of benzene rings is 1. The third-order valence-electron chi connectivity index (χ3n) is 5.44. The molecule has 1 N–H and O–H groups in total. The lowest BCUT2D eigenvalue weighted by Crippen LogP contribution is -2.25. The number of hydrogen-bond acceptors (Lipinski definition) is 5. The van der Waals surface area contributed by atoms with Gasteiger partial charge < -0.3 is 14.6 Å². The van der Waals surface area contributed by atoms with Crippen molar-refractivity contribution in [2.45, 2.75) is 38.3 Å². The number of fused-ring (bicyclic) bond motifs is 1. The fraction of sp³-hybridized carbons (Fsp3) is 0.400. The molecule has 0 spiro atoms. The topological polar surface area (TPSA) is 81.9 Å². The summed E-state index contributed by atoms with van der Waals surface area (Å²) < 4.78 is 8.62. The predicted octanol–water partition coefficient (Wildman–Crippen LogP) is 2.73. The molecule has 3 heterocycles. The molecule has 1 saturated carbocycles. The molecule has 1 aromatic carbocycles. The van der Waals surface area contributed by atoms with Crippen molar-refractivity contribution in [3.8, 4) is 17.0 Å². The minimum atomic E-state index is -0.0737. The number of carbonyl (C=O) groups excluding carboxylic acids is 1. The molecule has 3 aromatic rings. The van der Waals surface area contributed by atoms with Gasteiger partial charge in [0.15, 0.2) is 0 Å². The Balaban J connectivity index is 1.57. The average Bonchev–Trinajstić information content (AvgIpc) is 3.28. The molecule has 2 aliphatic rings. The van der Waals surface area contributed by atoms with Gasteiger partial charge in [0.1, 0.15) is 23.7 Å². The number of nitrogens with zero attached hydrogens (tertiary/aromatic N) is 4. The molecule has 1 amide bonds. The fourth-order valence-electron chi connectivity index (χ4n) is 3.72. The van der Waals surface area contributed by atoms with Crippen molar-refractivity contribution >= 4 is 16.9 Å². The molecule has 2 atom stereocenters. The van der Waals surface area contributed by atoms with Crippen LogP contribution in [0, 0.1) is 5.92 Å². The van der Waals surface area contributed by atoms with Crippen LogP contribution in [0.4, 0.5) is 0 Å². The summed E-state index contributed by atoms with van der Waals surface area (Å²) in [5.74, 6) is 1.07. The van der Waals surface area contributed by atoms with E-state index in [-0.39, 0.29) is 17.9 Å². The summed E-state index contributed by atoms with van der Waals surface area (Å²) >= 11 is 0. The maximum atomic E-state index is 11.6. The summed E-state index contributed by atoms with van der Waals surface area (Å²) in [6.45, 7) is 2.70. The lowest BCUT2D eigenvalue weighted by atomic mass is 10.0. The molecule has 0 radical (unpaired) electrons. The SMILES string of the molecule is C[C@@H](Oc1cc(-c2ccncn2)cc2ncn(C3CC3)c12)[C@H]1CNC(=O)C1. The highest BCUT2D eigenvalue weighted by atomic mass is 16.5. The van der Waals surface area contributed by atoms with Crippen molar-refractivity contribution < 1.29 is 9.53 Å². The number of rotatable bonds is 5. The van der Waals surface area contributed by atoms with Crippen LogP contribution < -0.4 is 10.1 Å². The molecule has 7 heteroatoms. The van der Waals surface area contributed by atoms with E-state index in [1.54, 1.807) is 12.5 Å². The van der Waals surface area contributed by atoms with E-state index in [9.17, 15) is 4.79 Å². The van der Waals surface area contributed by atoms with Gasteiger partial charge in [0.05, 0.1) is 17.5 Å². The Morgan fingerprint density at radius 3 is 2.89 bits per heavy atom. The quantitative estimate of drug-likeness (QED) is 0.754. The zero-order chi connectivity index (χ0) is 18.4. The highest BCUT2D eigenvalue weighted by molar-refractivity contribution is 5.87. The van der Waals surface area contributed by atoms with Crippen LogP contribution in [0.1, 0.15) is 32.2 Å². The Bertz CT molecular complexity index is 996. The van der Waals surface area contributed by atoms with Gasteiger partial charge >= 0.3 is 0 Å². The number of aromatic nitrogens is 4. The zero-order valence-corrected chi connectivity index (χ0v) is 15.1. The molecule has 1 saturated heterocycles. The maximum Gasteiger partial charge on any atom is 0.220 e. The Labute approximate surface area is 156 Å². The summed E-state index contributed by atoms with van der Waals surface area (Å²) in [6.07, 6.45) is 7.97. The smallest absolute Gasteiger partial charge is 0.220 e. The summed E-state index contributed by atoms with van der Waals surface area (Å²) in [5.41, 5.74) is 3.72. The van der Waals surface area contributed by atoms with Crippen LogP contribution in [0.3, 0.4) is 0 Å². The minimum Gasteiger partial charge on any atom is -0.488 e. The minimum absolute atomic E-state index is 0.0737. The molecular formula is C20H21N5O2. The molecule has 2 aromatic heterocycles. The maximum absolute atomic E-state index is 11.6. The third-order valence-corrected chi connectivity index (χ3v) is 5.44. The molecule has 0 bridgehead atoms. The van der Waals surface area contributed by atoms with Crippen LogP contribution in [-0.4, -0.2) is 38.1 Å². The number of amides is 1. The normalized spacial score (nSPS) is 20.6. The fourth-order valence-corrected chi connectivity index (χ4v) is 3.72. The highest BCUT2D eigenvalue weighted by Crippen LogP contribution is 2.41. The van der Waals surface area contributed by atoms with Crippen LogP contribution in [0.2, 0.25) is 0 Å². The van der Waals surface area contributed by atoms with E-state index in [2.05, 4.69) is 30.9 Å². The summed E-state index contributed by atoms with van der Waals surface area (Å²) in [7, 11) is 0. The van der Waals surface area contributed by atoms with Crippen LogP contribution in [-0.2, 0) is 4.79 Å². The van der Waals surface area contributed by atoms with Gasteiger partial charge in [0, 0.05) is 36.7 Å². The Hall–Kier alpha value is -2.96. The predicted molar refractivity (Wildman–Crippen MR) is 100 cm³/mol. The van der Waals surface area contributed by atoms with E-state index in [1.807, 2.05) is 25.4 Å². The van der Waals surface area contributed by atoms with Crippen molar-refractivity contribution in [1.82, 2.24) is 24.8 Å². The van der Waals surface area contributed by atoms with Crippen molar-refractivity contribution in [3.63, 3.8) is 0 Å². The molecule has 1 aliphatic carbocycles. The van der Waals surface area contributed by atoms with Crippen LogP contribution >= 0.6 is 0 Å². The standard InChI is InChI=1S/C20H21N5O2/c1-12(14-8-19(26)22-9-14)27-18-7-13(16-4-5-21-10-23-16)6-17-20(18)25(11-24-17)15-2-3-15/h4-7,10-12,14-15H,2-3,8-9H2,1H3,(H,22,26)/t12-,14-/m1/s1. The first kappa shape index (κ1) is 16.2. The molecule has 0 unspecified atom stereocenters. The Kier molecular flexibility index (Phi) is 3.81. The van der Waals surface area contributed by atoms with Crippen molar-refractivity contribution in [3.05, 3.63) is 37.1 Å². The first-order chi connectivity index (χ1) is 13.2. The van der Waals surface area contributed by atoms with E-state index >= 15 is 0 Å². The number of hydrogen-bond donors (Lipinski definition) is 1. The molecule has 138 valence electrons. The Morgan fingerprint density at radius 1 is 1.30 bits per heavy atom. The largest absolute Gasteiger partial charge is 0.488 e. The van der Waals surface area contributed by atoms with Gasteiger partial charge in [-0.05, 0) is 38.0 Å². The van der Waals surface area contributed by atoms with E-state index in [1.165, 1.54) is 12.8 Å². The van der Waals surface area contributed by atoms with Crippen LogP contribution in [0.25, 0.3) is 22.3 Å². The van der Waals surface area contributed by atoms with Gasteiger partial charge in [-0.1, -0.05) is 0 Å². The summed E-state index contributed by atoms with van der Waals surface area (Å²) in [6, 6.07) is 6.47. The van der Waals surface area contributed by atoms with Crippen molar-refractivity contribution in [2.24, 2.45) is 5.92 Å². The lowest BCUT2D eigenvalue weighted by Gasteiger charge is -2.21. The van der Waals surface area contributed by atoms with Crippen molar-refractivity contribution in [1.29, 1.82) is 0 Å². The van der Waals surface area contributed by atoms with E-state index in [0.717, 1.165) is 28.0 Å². The van der Waals surface area contributed by atoms with Gasteiger partial charge in [0.2, 0.25) is 5.91 Å². The van der Waals surface area contributed by atoms with Crippen molar-refractivity contribution in [2.75, 3.05) is 6.54 Å². The number of carbonyl (C=O) groups is 1. The van der Waals surface area contributed by atoms with E-state index in [0.29, 0.717) is 19.0 Å². The zero-order valence-electron chi connectivity index (χ0n) is 15.1. The van der Waals surface area contributed by atoms with Gasteiger partial charge in [-0.2, -0.15) is 0 Å².